The van der Waals surface area contributed by atoms with E-state index in [1.807, 2.05) is 24.3 Å². The molecule has 0 saturated carbocycles. The van der Waals surface area contributed by atoms with Crippen molar-refractivity contribution in [3.05, 3.63) is 59.7 Å². The number of aliphatic hydroxyl groups excluding tert-OH is 3. The van der Waals surface area contributed by atoms with Crippen molar-refractivity contribution in [1.29, 1.82) is 0 Å². The first-order chi connectivity index (χ1) is 14.8. The Hall–Kier alpha value is -3.07. The summed E-state index contributed by atoms with van der Waals surface area (Å²) in [6.45, 7) is 1.79. The Bertz CT molecular complexity index is 893. The van der Waals surface area contributed by atoms with Gasteiger partial charge in [0.15, 0.2) is 5.78 Å². The summed E-state index contributed by atoms with van der Waals surface area (Å²) in [5.74, 6) is -2.21. The number of carbonyl (C=O) groups is 3. The van der Waals surface area contributed by atoms with Gasteiger partial charge in [0.1, 0.15) is 18.7 Å². The molecule has 166 valence electrons. The van der Waals surface area contributed by atoms with Crippen LogP contribution in [0.2, 0.25) is 0 Å². The van der Waals surface area contributed by atoms with Gasteiger partial charge in [-0.15, -0.1) is 0 Å². The Labute approximate surface area is 180 Å². The summed E-state index contributed by atoms with van der Waals surface area (Å²) in [7, 11) is 0. The Kier molecular flexibility index (Phi) is 8.87. The second kappa shape index (κ2) is 11.4. The lowest BCUT2D eigenvalue weighted by molar-refractivity contribution is -0.133. The molecule has 0 aliphatic heterocycles. The average Bonchev–Trinajstić information content (AvgIpc) is 2.80. The summed E-state index contributed by atoms with van der Waals surface area (Å²) in [5.41, 5.74) is 3.46. The molecule has 2 amide bonds. The van der Waals surface area contributed by atoms with Crippen molar-refractivity contribution in [3.63, 3.8) is 0 Å². The second-order valence-electron chi connectivity index (χ2n) is 7.19. The molecule has 3 atom stereocenters. The van der Waals surface area contributed by atoms with E-state index in [1.165, 1.54) is 12.5 Å². The molecule has 0 heterocycles. The van der Waals surface area contributed by atoms with Gasteiger partial charge >= 0.3 is 0 Å². The SMILES string of the molecule is CCc1ccc(-c2ccc(C(=O)N[C@@H](CO)C(=O)N[C@H](C(=O)CO)[C@@H](C)O)cc2)cc1. The maximum Gasteiger partial charge on any atom is 0.251 e. The first-order valence-corrected chi connectivity index (χ1v) is 10.0. The molecule has 0 bridgehead atoms. The molecule has 0 aromatic heterocycles. The van der Waals surface area contributed by atoms with E-state index in [9.17, 15) is 24.6 Å². The Balaban J connectivity index is 2.06. The standard InChI is InChI=1S/C23H28N2O6/c1-3-15-4-6-16(7-5-15)17-8-10-18(11-9-17)22(30)24-19(12-26)23(31)25-21(14(2)28)20(29)13-27/h4-11,14,19,21,26-28H,3,12-13H2,1-2H3,(H,24,30)(H,25,31)/t14-,19+,21+/m1/s1. The van der Waals surface area contributed by atoms with Crippen LogP contribution >= 0.6 is 0 Å². The van der Waals surface area contributed by atoms with Crippen molar-refractivity contribution in [2.75, 3.05) is 13.2 Å². The fraction of sp³-hybridized carbons (Fsp3) is 0.348. The van der Waals surface area contributed by atoms with Crippen molar-refractivity contribution in [2.24, 2.45) is 0 Å². The lowest BCUT2D eigenvalue weighted by atomic mass is 10.0. The number of rotatable bonds is 10. The van der Waals surface area contributed by atoms with Crippen LogP contribution in [0.1, 0.15) is 29.8 Å². The molecule has 0 radical (unpaired) electrons. The minimum atomic E-state index is -1.35. The third-order valence-electron chi connectivity index (χ3n) is 4.93. The van der Waals surface area contributed by atoms with E-state index < -0.39 is 49.0 Å². The first kappa shape index (κ1) is 24.2. The topological polar surface area (TPSA) is 136 Å². The molecule has 5 N–H and O–H groups in total. The molecule has 8 heteroatoms. The first-order valence-electron chi connectivity index (χ1n) is 10.0. The lowest BCUT2D eigenvalue weighted by Gasteiger charge is -2.23. The molecule has 0 aliphatic rings. The van der Waals surface area contributed by atoms with Gasteiger partial charge in [0, 0.05) is 5.56 Å². The van der Waals surface area contributed by atoms with Crippen molar-refractivity contribution >= 4 is 17.6 Å². The zero-order valence-corrected chi connectivity index (χ0v) is 17.5. The van der Waals surface area contributed by atoms with Crippen molar-refractivity contribution < 1.29 is 29.7 Å². The molecule has 2 aromatic rings. The monoisotopic (exact) mass is 428 g/mol. The summed E-state index contributed by atoms with van der Waals surface area (Å²) < 4.78 is 0. The minimum absolute atomic E-state index is 0.290. The molecule has 0 unspecified atom stereocenters. The van der Waals surface area contributed by atoms with Crippen molar-refractivity contribution in [3.8, 4) is 11.1 Å². The lowest BCUT2D eigenvalue weighted by Crippen LogP contribution is -2.56. The summed E-state index contributed by atoms with van der Waals surface area (Å²) in [6.07, 6.45) is -0.303. The predicted molar refractivity (Wildman–Crippen MR) is 115 cm³/mol. The zero-order valence-electron chi connectivity index (χ0n) is 17.5. The number of aryl methyl sites for hydroxylation is 1. The number of Topliss-reactive ketones (excluding diaryl/α,β-unsaturated/α-hetero) is 1. The molecule has 0 spiro atoms. The smallest absolute Gasteiger partial charge is 0.251 e. The summed E-state index contributed by atoms with van der Waals surface area (Å²) in [4.78, 5) is 36.5. The van der Waals surface area contributed by atoms with Gasteiger partial charge in [-0.25, -0.2) is 0 Å². The fourth-order valence-corrected chi connectivity index (χ4v) is 3.00. The van der Waals surface area contributed by atoms with E-state index in [-0.39, 0.29) is 0 Å². The minimum Gasteiger partial charge on any atom is -0.394 e. The third kappa shape index (κ3) is 6.45. The number of nitrogens with one attached hydrogen (secondary N) is 2. The predicted octanol–water partition coefficient (Wildman–Crippen LogP) is 0.434. The number of benzene rings is 2. The van der Waals surface area contributed by atoms with Gasteiger partial charge in [-0.1, -0.05) is 43.3 Å². The highest BCUT2D eigenvalue weighted by Crippen LogP contribution is 2.20. The number of amides is 2. The average molecular weight is 428 g/mol. The summed E-state index contributed by atoms with van der Waals surface area (Å²) in [5, 5.41) is 32.7. The van der Waals surface area contributed by atoms with Gasteiger partial charge in [-0.05, 0) is 42.2 Å². The summed E-state index contributed by atoms with van der Waals surface area (Å²) in [6, 6.07) is 12.2. The highest BCUT2D eigenvalue weighted by Gasteiger charge is 2.29. The van der Waals surface area contributed by atoms with Crippen LogP contribution in [0.3, 0.4) is 0 Å². The Morgan fingerprint density at radius 1 is 0.903 bits per heavy atom. The zero-order chi connectivity index (χ0) is 23.0. The number of aliphatic hydroxyl groups is 3. The number of hydrogen-bond acceptors (Lipinski definition) is 6. The van der Waals surface area contributed by atoms with Crippen LogP contribution in [0.4, 0.5) is 0 Å². The Morgan fingerprint density at radius 2 is 1.45 bits per heavy atom. The molecular formula is C23H28N2O6. The summed E-state index contributed by atoms with van der Waals surface area (Å²) >= 11 is 0. The molecule has 31 heavy (non-hydrogen) atoms. The van der Waals surface area contributed by atoms with Gasteiger partial charge in [0.05, 0.1) is 12.7 Å². The quantitative estimate of drug-likeness (QED) is 0.372. The molecule has 8 nitrogen and oxygen atoms in total. The molecular weight excluding hydrogens is 400 g/mol. The van der Waals surface area contributed by atoms with E-state index >= 15 is 0 Å². The number of hydrogen-bond donors (Lipinski definition) is 5. The highest BCUT2D eigenvalue weighted by atomic mass is 16.3. The molecule has 0 fully saturated rings. The van der Waals surface area contributed by atoms with Crippen LogP contribution < -0.4 is 10.6 Å². The second-order valence-corrected chi connectivity index (χ2v) is 7.19. The number of ketones is 1. The molecule has 0 saturated heterocycles. The third-order valence-corrected chi connectivity index (χ3v) is 4.93. The largest absolute Gasteiger partial charge is 0.394 e. The molecule has 2 aromatic carbocycles. The van der Waals surface area contributed by atoms with E-state index in [1.54, 1.807) is 24.3 Å². The van der Waals surface area contributed by atoms with Crippen molar-refractivity contribution in [2.45, 2.75) is 38.5 Å². The van der Waals surface area contributed by atoms with Gasteiger partial charge in [0.25, 0.3) is 5.91 Å². The van der Waals surface area contributed by atoms with E-state index in [0.717, 1.165) is 17.5 Å². The maximum absolute atomic E-state index is 12.5. The molecule has 0 aliphatic carbocycles. The van der Waals surface area contributed by atoms with Crippen LogP contribution in [0.25, 0.3) is 11.1 Å². The van der Waals surface area contributed by atoms with E-state index in [2.05, 4.69) is 17.6 Å². The van der Waals surface area contributed by atoms with Crippen LogP contribution in [0, 0.1) is 0 Å². The van der Waals surface area contributed by atoms with E-state index in [4.69, 9.17) is 5.11 Å². The van der Waals surface area contributed by atoms with Crippen LogP contribution in [0.15, 0.2) is 48.5 Å². The van der Waals surface area contributed by atoms with Crippen molar-refractivity contribution in [1.82, 2.24) is 10.6 Å². The van der Waals surface area contributed by atoms with Crippen LogP contribution in [-0.4, -0.2) is 64.3 Å². The van der Waals surface area contributed by atoms with Crippen LogP contribution in [-0.2, 0) is 16.0 Å². The highest BCUT2D eigenvalue weighted by molar-refractivity contribution is 5.99. The Morgan fingerprint density at radius 3 is 1.90 bits per heavy atom. The number of carbonyl (C=O) groups excluding carboxylic acids is 3. The van der Waals surface area contributed by atoms with Gasteiger partial charge < -0.3 is 26.0 Å². The molecule has 2 rings (SSSR count). The van der Waals surface area contributed by atoms with Gasteiger partial charge in [-0.2, -0.15) is 0 Å². The van der Waals surface area contributed by atoms with Gasteiger partial charge in [-0.3, -0.25) is 14.4 Å². The maximum atomic E-state index is 12.5. The van der Waals surface area contributed by atoms with Gasteiger partial charge in [0.2, 0.25) is 5.91 Å². The normalized spacial score (nSPS) is 13.7. The van der Waals surface area contributed by atoms with Crippen LogP contribution in [0.5, 0.6) is 0 Å². The fourth-order valence-electron chi connectivity index (χ4n) is 3.00. The van der Waals surface area contributed by atoms with E-state index in [0.29, 0.717) is 5.56 Å².